The van der Waals surface area contributed by atoms with E-state index in [1.54, 1.807) is 0 Å². The van der Waals surface area contributed by atoms with Gasteiger partial charge in [-0.25, -0.2) is 0 Å². The summed E-state index contributed by atoms with van der Waals surface area (Å²) in [6.45, 7) is 1.94. The van der Waals surface area contributed by atoms with Gasteiger partial charge in [-0.3, -0.25) is 19.7 Å². The van der Waals surface area contributed by atoms with Crippen LogP contribution in [0.15, 0.2) is 36.4 Å². The molecule has 220 valence electrons. The molecule has 10 heteroatoms. The zero-order chi connectivity index (χ0) is 28.9. The van der Waals surface area contributed by atoms with E-state index in [-0.39, 0.29) is 18.7 Å². The van der Waals surface area contributed by atoms with E-state index in [4.69, 9.17) is 27.9 Å². The number of esters is 1. The number of carbonyl (C=O) groups is 2. The van der Waals surface area contributed by atoms with Gasteiger partial charge >= 0.3 is 5.97 Å². The molecule has 8 nitrogen and oxygen atoms in total. The van der Waals surface area contributed by atoms with Gasteiger partial charge in [-0.05, 0) is 49.8 Å². The minimum Gasteiger partial charge on any atom is -0.463 e. The van der Waals surface area contributed by atoms with E-state index in [9.17, 15) is 24.8 Å². The molecule has 0 aliphatic carbocycles. The molecule has 0 saturated heterocycles. The monoisotopic (exact) mass is 586 g/mol. The van der Waals surface area contributed by atoms with Crippen molar-refractivity contribution in [2.75, 3.05) is 6.61 Å². The number of nitro groups is 1. The maximum atomic E-state index is 12.2. The summed E-state index contributed by atoms with van der Waals surface area (Å²) in [6.07, 6.45) is 18.6. The molecule has 39 heavy (non-hydrogen) atoms. The number of aliphatic hydroxyl groups is 1. The molecular formula is C29H44Cl2N2O6. The molecule has 1 amide bonds. The maximum Gasteiger partial charge on any atom is 0.305 e. The number of non-ortho nitro benzene ring substituents is 1. The highest BCUT2D eigenvalue weighted by atomic mass is 35.5. The molecule has 0 aliphatic rings. The summed E-state index contributed by atoms with van der Waals surface area (Å²) in [6, 6.07) is 4.18. The highest BCUT2D eigenvalue weighted by Crippen LogP contribution is 2.21. The molecule has 2 atom stereocenters. The van der Waals surface area contributed by atoms with Crippen molar-refractivity contribution in [1.29, 1.82) is 0 Å². The summed E-state index contributed by atoms with van der Waals surface area (Å²) in [5, 5.41) is 24.0. The number of hydrogen-bond acceptors (Lipinski definition) is 6. The molecule has 0 fully saturated rings. The maximum absolute atomic E-state index is 12.2. The molecular weight excluding hydrogens is 543 g/mol. The quantitative estimate of drug-likeness (QED) is 0.0362. The normalized spacial score (nSPS) is 12.9. The van der Waals surface area contributed by atoms with Crippen molar-refractivity contribution in [3.05, 3.63) is 52.1 Å². The van der Waals surface area contributed by atoms with Gasteiger partial charge in [0.25, 0.3) is 11.6 Å². The molecule has 0 saturated carbocycles. The lowest BCUT2D eigenvalue weighted by molar-refractivity contribution is -0.384. The van der Waals surface area contributed by atoms with Crippen LogP contribution < -0.4 is 5.32 Å². The van der Waals surface area contributed by atoms with E-state index in [1.165, 1.54) is 69.2 Å². The van der Waals surface area contributed by atoms with Crippen molar-refractivity contribution in [2.24, 2.45) is 0 Å². The number of amides is 1. The van der Waals surface area contributed by atoms with Crippen LogP contribution in [0.25, 0.3) is 0 Å². The van der Waals surface area contributed by atoms with Gasteiger partial charge in [0.05, 0.1) is 11.0 Å². The third kappa shape index (κ3) is 16.5. The fourth-order valence-electron chi connectivity index (χ4n) is 4.08. The number of aliphatic hydroxyl groups excluding tert-OH is 1. The molecule has 0 spiro atoms. The van der Waals surface area contributed by atoms with Crippen LogP contribution in [0.3, 0.4) is 0 Å². The number of ether oxygens (including phenoxy) is 1. The Hall–Kier alpha value is -2.16. The van der Waals surface area contributed by atoms with Crippen LogP contribution in [-0.4, -0.2) is 39.4 Å². The predicted molar refractivity (Wildman–Crippen MR) is 156 cm³/mol. The smallest absolute Gasteiger partial charge is 0.305 e. The molecule has 1 aromatic carbocycles. The number of nitro benzene ring substituents is 1. The van der Waals surface area contributed by atoms with E-state index in [0.717, 1.165) is 32.1 Å². The van der Waals surface area contributed by atoms with Crippen LogP contribution >= 0.6 is 23.2 Å². The number of hydrogen-bond donors (Lipinski definition) is 2. The Morgan fingerprint density at radius 1 is 0.949 bits per heavy atom. The minimum absolute atomic E-state index is 0.139. The molecule has 2 N–H and O–H groups in total. The first-order chi connectivity index (χ1) is 18.8. The number of halogens is 2. The molecule has 0 bridgehead atoms. The van der Waals surface area contributed by atoms with Gasteiger partial charge in [-0.15, -0.1) is 0 Å². The lowest BCUT2D eigenvalue weighted by Gasteiger charge is -2.24. The Labute approximate surface area is 242 Å². The number of alkyl halides is 2. The van der Waals surface area contributed by atoms with Crippen molar-refractivity contribution in [3.8, 4) is 0 Å². The fourth-order valence-corrected chi connectivity index (χ4v) is 4.20. The summed E-state index contributed by atoms with van der Waals surface area (Å²) in [5.41, 5.74) is 0.166. The van der Waals surface area contributed by atoms with Crippen LogP contribution in [0.5, 0.6) is 0 Å². The second-order valence-electron chi connectivity index (χ2n) is 9.73. The zero-order valence-electron chi connectivity index (χ0n) is 23.0. The van der Waals surface area contributed by atoms with Gasteiger partial charge in [-0.2, -0.15) is 0 Å². The van der Waals surface area contributed by atoms with Gasteiger partial charge in [-0.1, -0.05) is 93.6 Å². The van der Waals surface area contributed by atoms with Crippen molar-refractivity contribution >= 4 is 40.8 Å². The van der Waals surface area contributed by atoms with Gasteiger partial charge < -0.3 is 15.2 Å². The fraction of sp³-hybridized carbons (Fsp3) is 0.655. The zero-order valence-corrected chi connectivity index (χ0v) is 24.5. The number of benzene rings is 1. The van der Waals surface area contributed by atoms with Crippen LogP contribution in [0.2, 0.25) is 0 Å². The first-order valence-electron chi connectivity index (χ1n) is 14.1. The third-order valence-corrected chi connectivity index (χ3v) is 6.82. The lowest BCUT2D eigenvalue weighted by atomic mass is 10.0. The van der Waals surface area contributed by atoms with Crippen LogP contribution in [0, 0.1) is 10.1 Å². The van der Waals surface area contributed by atoms with Gasteiger partial charge in [0.1, 0.15) is 12.7 Å². The molecule has 0 radical (unpaired) electrons. The first kappa shape index (κ1) is 34.9. The first-order valence-corrected chi connectivity index (χ1v) is 14.9. The van der Waals surface area contributed by atoms with Crippen molar-refractivity contribution in [2.45, 2.75) is 114 Å². The van der Waals surface area contributed by atoms with E-state index in [2.05, 4.69) is 24.4 Å². The highest BCUT2D eigenvalue weighted by molar-refractivity contribution is 6.53. The number of allylic oxidation sites excluding steroid dienone is 2. The largest absolute Gasteiger partial charge is 0.463 e. The summed E-state index contributed by atoms with van der Waals surface area (Å²) in [7, 11) is 0. The average Bonchev–Trinajstić information content (AvgIpc) is 2.92. The molecule has 0 heterocycles. The molecule has 0 aliphatic heterocycles. The SMILES string of the molecule is CCCCCCCC/C=C/CCCCCCCC(=O)OC[C@@H](NC(=O)C(Cl)Cl)[C@H](O)c1ccc([N+](=O)[O-])cc1. The van der Waals surface area contributed by atoms with Crippen LogP contribution in [0.1, 0.15) is 108 Å². The van der Waals surface area contributed by atoms with E-state index in [0.29, 0.717) is 12.0 Å². The van der Waals surface area contributed by atoms with Crippen molar-refractivity contribution in [3.63, 3.8) is 0 Å². The van der Waals surface area contributed by atoms with Crippen molar-refractivity contribution in [1.82, 2.24) is 5.32 Å². The average molecular weight is 588 g/mol. The Balaban J connectivity index is 2.28. The molecule has 1 aromatic rings. The molecule has 0 unspecified atom stereocenters. The van der Waals surface area contributed by atoms with E-state index >= 15 is 0 Å². The number of rotatable bonds is 22. The summed E-state index contributed by atoms with van der Waals surface area (Å²) >= 11 is 11.2. The number of unbranched alkanes of at least 4 members (excludes halogenated alkanes) is 11. The minimum atomic E-state index is -1.37. The number of nitrogens with zero attached hydrogens (tertiary/aromatic N) is 1. The highest BCUT2D eigenvalue weighted by Gasteiger charge is 2.27. The number of nitrogens with one attached hydrogen (secondary N) is 1. The molecule has 0 aromatic heterocycles. The Morgan fingerprint density at radius 2 is 1.49 bits per heavy atom. The topological polar surface area (TPSA) is 119 Å². The molecule has 1 rings (SSSR count). The van der Waals surface area contributed by atoms with Crippen LogP contribution in [-0.2, 0) is 14.3 Å². The Kier molecular flexibility index (Phi) is 19.3. The van der Waals surface area contributed by atoms with Crippen LogP contribution in [0.4, 0.5) is 5.69 Å². The standard InChI is InChI=1S/C29H44Cl2N2O6/c1-2-3-4-5-6-7-8-9-10-11-12-13-14-15-16-17-26(34)39-22-25(32-29(36)28(30)31)27(35)23-18-20-24(21-19-23)33(37)38/h9-10,18-21,25,27-28,35H,2-8,11-17,22H2,1H3,(H,32,36)/b10-9+/t25-,27-/m1/s1. The van der Waals surface area contributed by atoms with Gasteiger partial charge in [0.15, 0.2) is 4.84 Å². The van der Waals surface area contributed by atoms with E-state index < -0.39 is 33.8 Å². The van der Waals surface area contributed by atoms with Crippen molar-refractivity contribution < 1.29 is 24.4 Å². The van der Waals surface area contributed by atoms with Gasteiger partial charge in [0.2, 0.25) is 0 Å². The summed E-state index contributed by atoms with van der Waals surface area (Å²) in [5.74, 6) is -1.19. The van der Waals surface area contributed by atoms with E-state index in [1.807, 2.05) is 0 Å². The Morgan fingerprint density at radius 3 is 2.03 bits per heavy atom. The second-order valence-corrected chi connectivity index (χ2v) is 10.8. The summed E-state index contributed by atoms with van der Waals surface area (Å²) in [4.78, 5) is 33.1. The third-order valence-electron chi connectivity index (χ3n) is 6.42. The lowest BCUT2D eigenvalue weighted by Crippen LogP contribution is -2.45. The Bertz CT molecular complexity index is 864. The number of carbonyl (C=O) groups excluding carboxylic acids is 2. The second kappa shape index (κ2) is 21.6. The van der Waals surface area contributed by atoms with Gasteiger partial charge in [0, 0.05) is 18.6 Å². The predicted octanol–water partition coefficient (Wildman–Crippen LogP) is 7.50. The summed E-state index contributed by atoms with van der Waals surface area (Å²) < 4.78 is 5.29.